The van der Waals surface area contributed by atoms with Crippen LogP contribution in [0.25, 0.3) is 5.69 Å². The predicted molar refractivity (Wildman–Crippen MR) is 113 cm³/mol. The van der Waals surface area contributed by atoms with E-state index in [2.05, 4.69) is 15.4 Å². The van der Waals surface area contributed by atoms with Crippen LogP contribution < -0.4 is 10.1 Å². The number of aromatic nitrogens is 3. The number of nitro benzene ring substituents is 1. The first kappa shape index (κ1) is 19.8. The van der Waals surface area contributed by atoms with E-state index in [0.29, 0.717) is 23.7 Å². The number of nitro groups is 1. The van der Waals surface area contributed by atoms with Gasteiger partial charge < -0.3 is 10.1 Å². The van der Waals surface area contributed by atoms with E-state index in [9.17, 15) is 14.9 Å². The maximum atomic E-state index is 12.6. The zero-order valence-corrected chi connectivity index (χ0v) is 16.2. The molecular formula is C22H17N5O4. The smallest absolute Gasteiger partial charge is 0.276 e. The average Bonchev–Trinajstić information content (AvgIpc) is 3.29. The molecule has 0 spiro atoms. The summed E-state index contributed by atoms with van der Waals surface area (Å²) in [6, 6.07) is 20.1. The maximum absolute atomic E-state index is 12.6. The first-order chi connectivity index (χ1) is 15.1. The number of hydrogen-bond acceptors (Lipinski definition) is 6. The van der Waals surface area contributed by atoms with E-state index < -0.39 is 4.92 Å². The van der Waals surface area contributed by atoms with Gasteiger partial charge in [0.15, 0.2) is 5.69 Å². The summed E-state index contributed by atoms with van der Waals surface area (Å²) in [6.07, 6.45) is 3.31. The van der Waals surface area contributed by atoms with Gasteiger partial charge in [0.05, 0.1) is 16.3 Å². The number of carbonyl (C=O) groups is 1. The summed E-state index contributed by atoms with van der Waals surface area (Å²) in [5.74, 6) is 0.211. The number of amides is 1. The summed E-state index contributed by atoms with van der Waals surface area (Å²) in [5.41, 5.74) is 2.16. The number of carbonyl (C=O) groups excluding carboxylic acids is 1. The van der Waals surface area contributed by atoms with Gasteiger partial charge in [-0.3, -0.25) is 19.9 Å². The highest BCUT2D eigenvalue weighted by atomic mass is 16.6. The van der Waals surface area contributed by atoms with Gasteiger partial charge in [0, 0.05) is 36.3 Å². The first-order valence-corrected chi connectivity index (χ1v) is 9.33. The maximum Gasteiger partial charge on any atom is 0.276 e. The van der Waals surface area contributed by atoms with Crippen molar-refractivity contribution in [2.75, 3.05) is 5.32 Å². The molecule has 0 radical (unpaired) electrons. The van der Waals surface area contributed by atoms with Crippen molar-refractivity contribution in [3.8, 4) is 11.4 Å². The molecule has 0 atom stereocenters. The lowest BCUT2D eigenvalue weighted by Gasteiger charge is -2.08. The Morgan fingerprint density at radius 1 is 1.06 bits per heavy atom. The third-order valence-corrected chi connectivity index (χ3v) is 4.35. The topological polar surface area (TPSA) is 112 Å². The van der Waals surface area contributed by atoms with E-state index in [1.165, 1.54) is 16.8 Å². The summed E-state index contributed by atoms with van der Waals surface area (Å²) in [4.78, 5) is 27.1. The van der Waals surface area contributed by atoms with Crippen molar-refractivity contribution in [1.82, 2.24) is 14.8 Å². The lowest BCUT2D eigenvalue weighted by Crippen LogP contribution is -2.13. The molecule has 0 saturated carbocycles. The van der Waals surface area contributed by atoms with Crippen molar-refractivity contribution >= 4 is 17.3 Å². The summed E-state index contributed by atoms with van der Waals surface area (Å²) in [7, 11) is 0. The van der Waals surface area contributed by atoms with Crippen LogP contribution in [0.15, 0.2) is 85.2 Å². The number of anilines is 1. The summed E-state index contributed by atoms with van der Waals surface area (Å²) >= 11 is 0. The molecule has 1 amide bonds. The molecule has 9 nitrogen and oxygen atoms in total. The molecule has 31 heavy (non-hydrogen) atoms. The summed E-state index contributed by atoms with van der Waals surface area (Å²) < 4.78 is 7.20. The molecule has 4 rings (SSSR count). The second-order valence-corrected chi connectivity index (χ2v) is 6.51. The van der Waals surface area contributed by atoms with Crippen molar-refractivity contribution in [3.05, 3.63) is 107 Å². The van der Waals surface area contributed by atoms with Crippen molar-refractivity contribution in [2.45, 2.75) is 6.61 Å². The zero-order valence-electron chi connectivity index (χ0n) is 16.2. The molecule has 0 saturated heterocycles. The molecule has 0 aliphatic heterocycles. The van der Waals surface area contributed by atoms with Crippen LogP contribution in [0, 0.1) is 10.1 Å². The van der Waals surface area contributed by atoms with Crippen LogP contribution in [0.2, 0.25) is 0 Å². The SMILES string of the molecule is O=C(Nc1cccc(OCc2ccccn2)c1)c1ccn(-c2ccc([N+](=O)[O-])cc2)n1. The van der Waals surface area contributed by atoms with E-state index in [0.717, 1.165) is 5.69 Å². The van der Waals surface area contributed by atoms with Crippen LogP contribution >= 0.6 is 0 Å². The van der Waals surface area contributed by atoms with Gasteiger partial charge in [0.2, 0.25) is 0 Å². The van der Waals surface area contributed by atoms with Crippen LogP contribution in [0.3, 0.4) is 0 Å². The lowest BCUT2D eigenvalue weighted by atomic mass is 10.3. The third-order valence-electron chi connectivity index (χ3n) is 4.35. The Morgan fingerprint density at radius 3 is 2.65 bits per heavy atom. The van der Waals surface area contributed by atoms with E-state index in [1.54, 1.807) is 54.9 Å². The van der Waals surface area contributed by atoms with Crippen LogP contribution in [0.1, 0.15) is 16.2 Å². The van der Waals surface area contributed by atoms with Crippen LogP contribution in [-0.4, -0.2) is 25.6 Å². The quantitative estimate of drug-likeness (QED) is 0.361. The third kappa shape index (κ3) is 4.91. The number of benzene rings is 2. The molecule has 0 aliphatic rings. The molecule has 0 unspecified atom stereocenters. The molecule has 154 valence electrons. The highest BCUT2D eigenvalue weighted by Crippen LogP contribution is 2.19. The van der Waals surface area contributed by atoms with E-state index in [1.807, 2.05) is 18.2 Å². The fourth-order valence-electron chi connectivity index (χ4n) is 2.82. The molecule has 2 heterocycles. The Kier molecular flexibility index (Phi) is 5.66. The van der Waals surface area contributed by atoms with Crippen LogP contribution in [-0.2, 0) is 6.61 Å². The molecule has 0 aliphatic carbocycles. The van der Waals surface area contributed by atoms with Crippen molar-refractivity contribution in [1.29, 1.82) is 0 Å². The van der Waals surface area contributed by atoms with Gasteiger partial charge in [-0.05, 0) is 42.5 Å². The largest absolute Gasteiger partial charge is 0.487 e. The number of hydrogen-bond donors (Lipinski definition) is 1. The molecule has 2 aromatic carbocycles. The number of nitrogens with one attached hydrogen (secondary N) is 1. The van der Waals surface area contributed by atoms with Gasteiger partial charge in [-0.15, -0.1) is 0 Å². The van der Waals surface area contributed by atoms with Gasteiger partial charge in [-0.2, -0.15) is 5.10 Å². The molecule has 0 fully saturated rings. The number of non-ortho nitro benzene ring substituents is 1. The number of ether oxygens (including phenoxy) is 1. The standard InChI is InChI=1S/C22H17N5O4/c28-22(21-11-13-26(25-21)18-7-9-19(10-8-18)27(29)30)24-16-5-3-6-20(14-16)31-15-17-4-1-2-12-23-17/h1-14H,15H2,(H,24,28). The second kappa shape index (κ2) is 8.87. The van der Waals surface area contributed by atoms with Gasteiger partial charge in [-0.25, -0.2) is 4.68 Å². The average molecular weight is 415 g/mol. The predicted octanol–water partition coefficient (Wildman–Crippen LogP) is 4.01. The summed E-state index contributed by atoms with van der Waals surface area (Å²) in [6.45, 7) is 0.317. The van der Waals surface area contributed by atoms with Gasteiger partial charge in [0.1, 0.15) is 12.4 Å². The molecule has 4 aromatic rings. The molecule has 0 bridgehead atoms. The second-order valence-electron chi connectivity index (χ2n) is 6.51. The minimum absolute atomic E-state index is 0.0148. The highest BCUT2D eigenvalue weighted by Gasteiger charge is 2.12. The normalized spacial score (nSPS) is 10.5. The highest BCUT2D eigenvalue weighted by molar-refractivity contribution is 6.02. The number of pyridine rings is 1. The molecule has 1 N–H and O–H groups in total. The minimum atomic E-state index is -0.472. The monoisotopic (exact) mass is 415 g/mol. The number of nitrogens with zero attached hydrogens (tertiary/aromatic N) is 4. The van der Waals surface area contributed by atoms with E-state index >= 15 is 0 Å². The fourth-order valence-corrected chi connectivity index (χ4v) is 2.82. The lowest BCUT2D eigenvalue weighted by molar-refractivity contribution is -0.384. The zero-order chi connectivity index (χ0) is 21.6. The Labute approximate surface area is 177 Å². The van der Waals surface area contributed by atoms with E-state index in [-0.39, 0.29) is 17.3 Å². The van der Waals surface area contributed by atoms with Gasteiger partial charge in [0.25, 0.3) is 11.6 Å². The van der Waals surface area contributed by atoms with E-state index in [4.69, 9.17) is 4.74 Å². The first-order valence-electron chi connectivity index (χ1n) is 9.33. The Balaban J connectivity index is 1.41. The molecular weight excluding hydrogens is 398 g/mol. The molecule has 2 aromatic heterocycles. The molecule has 9 heteroatoms. The summed E-state index contributed by atoms with van der Waals surface area (Å²) in [5, 5.41) is 17.8. The van der Waals surface area contributed by atoms with Gasteiger partial charge in [-0.1, -0.05) is 12.1 Å². The minimum Gasteiger partial charge on any atom is -0.487 e. The van der Waals surface area contributed by atoms with Crippen molar-refractivity contribution < 1.29 is 14.5 Å². The van der Waals surface area contributed by atoms with Crippen molar-refractivity contribution in [2.24, 2.45) is 0 Å². The van der Waals surface area contributed by atoms with Gasteiger partial charge >= 0.3 is 0 Å². The Hall–Kier alpha value is -4.53. The Morgan fingerprint density at radius 2 is 1.90 bits per heavy atom. The number of rotatable bonds is 7. The van der Waals surface area contributed by atoms with Crippen molar-refractivity contribution in [3.63, 3.8) is 0 Å². The fraction of sp³-hybridized carbons (Fsp3) is 0.0455. The van der Waals surface area contributed by atoms with Crippen LogP contribution in [0.4, 0.5) is 11.4 Å². The Bertz CT molecular complexity index is 1210. The van der Waals surface area contributed by atoms with Crippen LogP contribution in [0.5, 0.6) is 5.75 Å².